The largest absolute Gasteiger partial charge is 0.370 e. The molecule has 0 saturated carbocycles. The fourth-order valence-electron chi connectivity index (χ4n) is 1.93. The van der Waals surface area contributed by atoms with Gasteiger partial charge in [0.25, 0.3) is 5.91 Å². The first-order valence-electron chi connectivity index (χ1n) is 7.03. The maximum atomic E-state index is 12.3. The van der Waals surface area contributed by atoms with Crippen LogP contribution in [0.15, 0.2) is 23.7 Å². The van der Waals surface area contributed by atoms with E-state index in [9.17, 15) is 4.79 Å². The summed E-state index contributed by atoms with van der Waals surface area (Å²) in [6, 6.07) is 3.48. The summed E-state index contributed by atoms with van der Waals surface area (Å²) in [7, 11) is 0. The molecule has 0 saturated heterocycles. The number of nitrogens with one attached hydrogen (secondary N) is 2. The maximum absolute atomic E-state index is 12.3. The normalized spacial score (nSPS) is 12.0. The van der Waals surface area contributed by atoms with Gasteiger partial charge in [-0.05, 0) is 32.4 Å². The molecule has 0 aliphatic carbocycles. The van der Waals surface area contributed by atoms with Gasteiger partial charge in [-0.15, -0.1) is 11.3 Å². The summed E-state index contributed by atoms with van der Waals surface area (Å²) in [5.74, 6) is 0.631. The second-order valence-electron chi connectivity index (χ2n) is 4.87. The van der Waals surface area contributed by atoms with Crippen LogP contribution in [0.25, 0.3) is 0 Å². The lowest BCUT2D eigenvalue weighted by atomic mass is 10.2. The smallest absolute Gasteiger partial charge is 0.252 e. The molecule has 2 rings (SSSR count). The van der Waals surface area contributed by atoms with Crippen molar-refractivity contribution in [2.24, 2.45) is 0 Å². The topological polar surface area (TPSA) is 66.9 Å². The summed E-state index contributed by atoms with van der Waals surface area (Å²) in [5.41, 5.74) is 1.44. The quantitative estimate of drug-likeness (QED) is 0.860. The third-order valence-electron chi connectivity index (χ3n) is 2.94. The van der Waals surface area contributed by atoms with Crippen LogP contribution in [0.5, 0.6) is 0 Å². The van der Waals surface area contributed by atoms with Gasteiger partial charge in [0.15, 0.2) is 0 Å². The van der Waals surface area contributed by atoms with Crippen LogP contribution >= 0.6 is 11.3 Å². The van der Waals surface area contributed by atoms with Crippen LogP contribution in [-0.2, 0) is 0 Å². The molecule has 0 aromatic carbocycles. The molecule has 0 fully saturated rings. The highest BCUT2D eigenvalue weighted by Crippen LogP contribution is 2.16. The van der Waals surface area contributed by atoms with Gasteiger partial charge < -0.3 is 10.6 Å². The molecule has 5 nitrogen and oxygen atoms in total. The first-order chi connectivity index (χ1) is 10.1. The fourth-order valence-corrected chi connectivity index (χ4v) is 2.58. The predicted octanol–water partition coefficient (Wildman–Crippen LogP) is 3.16. The molecule has 0 aliphatic rings. The number of pyridine rings is 1. The number of aryl methyl sites for hydroxylation is 1. The Balaban J connectivity index is 2.09. The Morgan fingerprint density at radius 2 is 2.24 bits per heavy atom. The van der Waals surface area contributed by atoms with E-state index < -0.39 is 0 Å². The summed E-state index contributed by atoms with van der Waals surface area (Å²) < 4.78 is 0. The molecular formula is C15H20N4OS. The Kier molecular flexibility index (Phi) is 5.27. The predicted molar refractivity (Wildman–Crippen MR) is 85.7 cm³/mol. The van der Waals surface area contributed by atoms with Crippen molar-refractivity contribution < 1.29 is 4.79 Å². The first kappa shape index (κ1) is 15.4. The molecule has 0 bridgehead atoms. The van der Waals surface area contributed by atoms with Gasteiger partial charge in [-0.2, -0.15) is 0 Å². The van der Waals surface area contributed by atoms with Crippen LogP contribution < -0.4 is 10.6 Å². The zero-order valence-electron chi connectivity index (χ0n) is 12.5. The van der Waals surface area contributed by atoms with Crippen molar-refractivity contribution in [3.63, 3.8) is 0 Å². The molecule has 2 aromatic rings. The number of carbonyl (C=O) groups is 1. The standard InChI is InChI=1S/C15H20N4OS/c1-4-5-16-13-9-12(8-10(2)18-13)14(20)19-11(3)15-17-6-7-21-15/h6-9,11H,4-5H2,1-3H3,(H,16,18)(H,19,20). The van der Waals surface area contributed by atoms with Crippen molar-refractivity contribution >= 4 is 23.1 Å². The maximum Gasteiger partial charge on any atom is 0.252 e. The minimum Gasteiger partial charge on any atom is -0.370 e. The zero-order chi connectivity index (χ0) is 15.2. The number of thiazole rings is 1. The van der Waals surface area contributed by atoms with Crippen molar-refractivity contribution in [3.8, 4) is 0 Å². The van der Waals surface area contributed by atoms with E-state index in [1.54, 1.807) is 18.3 Å². The van der Waals surface area contributed by atoms with Gasteiger partial charge in [0.2, 0.25) is 0 Å². The third kappa shape index (κ3) is 4.26. The molecule has 0 radical (unpaired) electrons. The lowest BCUT2D eigenvalue weighted by Gasteiger charge is -2.13. The van der Waals surface area contributed by atoms with Crippen LogP contribution in [0.3, 0.4) is 0 Å². The van der Waals surface area contributed by atoms with Crippen molar-refractivity contribution in [1.29, 1.82) is 0 Å². The Bertz CT molecular complexity index is 598. The van der Waals surface area contributed by atoms with Gasteiger partial charge in [-0.1, -0.05) is 6.92 Å². The molecule has 112 valence electrons. The van der Waals surface area contributed by atoms with Gasteiger partial charge in [-0.25, -0.2) is 9.97 Å². The summed E-state index contributed by atoms with van der Waals surface area (Å²) in [5, 5.41) is 8.98. The fraction of sp³-hybridized carbons (Fsp3) is 0.400. The highest BCUT2D eigenvalue weighted by atomic mass is 32.1. The summed E-state index contributed by atoms with van der Waals surface area (Å²) in [6.45, 7) is 6.75. The van der Waals surface area contributed by atoms with E-state index in [1.165, 1.54) is 11.3 Å². The average Bonchev–Trinajstić information content (AvgIpc) is 2.98. The van der Waals surface area contributed by atoms with E-state index in [1.807, 2.05) is 19.2 Å². The lowest BCUT2D eigenvalue weighted by Crippen LogP contribution is -2.26. The molecule has 2 aromatic heterocycles. The lowest BCUT2D eigenvalue weighted by molar-refractivity contribution is 0.0939. The number of rotatable bonds is 6. The van der Waals surface area contributed by atoms with E-state index in [-0.39, 0.29) is 11.9 Å². The van der Waals surface area contributed by atoms with Gasteiger partial charge in [-0.3, -0.25) is 4.79 Å². The minimum absolute atomic E-state index is 0.0991. The van der Waals surface area contributed by atoms with E-state index in [0.29, 0.717) is 5.56 Å². The molecule has 2 N–H and O–H groups in total. The Hall–Kier alpha value is -1.95. The van der Waals surface area contributed by atoms with Gasteiger partial charge in [0.05, 0.1) is 6.04 Å². The Morgan fingerprint density at radius 3 is 2.90 bits per heavy atom. The Labute approximate surface area is 128 Å². The highest BCUT2D eigenvalue weighted by molar-refractivity contribution is 7.09. The van der Waals surface area contributed by atoms with E-state index in [0.717, 1.165) is 29.5 Å². The zero-order valence-corrected chi connectivity index (χ0v) is 13.3. The molecule has 6 heteroatoms. The van der Waals surface area contributed by atoms with Crippen molar-refractivity contribution in [3.05, 3.63) is 40.0 Å². The third-order valence-corrected chi connectivity index (χ3v) is 3.90. The number of anilines is 1. The number of hydrogen-bond acceptors (Lipinski definition) is 5. The molecule has 0 spiro atoms. The van der Waals surface area contributed by atoms with Crippen molar-refractivity contribution in [1.82, 2.24) is 15.3 Å². The molecule has 21 heavy (non-hydrogen) atoms. The van der Waals surface area contributed by atoms with Crippen molar-refractivity contribution in [2.45, 2.75) is 33.2 Å². The van der Waals surface area contributed by atoms with Crippen LogP contribution in [0, 0.1) is 6.92 Å². The van der Waals surface area contributed by atoms with Crippen LogP contribution in [0.2, 0.25) is 0 Å². The SMILES string of the molecule is CCCNc1cc(C(=O)NC(C)c2nccs2)cc(C)n1. The molecule has 2 heterocycles. The Morgan fingerprint density at radius 1 is 1.43 bits per heavy atom. The van der Waals surface area contributed by atoms with Crippen molar-refractivity contribution in [2.75, 3.05) is 11.9 Å². The van der Waals surface area contributed by atoms with Gasteiger partial charge in [0.1, 0.15) is 10.8 Å². The number of nitrogens with zero attached hydrogens (tertiary/aromatic N) is 2. The van der Waals surface area contributed by atoms with E-state index in [4.69, 9.17) is 0 Å². The molecule has 1 atom stereocenters. The molecule has 0 aliphatic heterocycles. The number of amides is 1. The highest BCUT2D eigenvalue weighted by Gasteiger charge is 2.14. The number of aromatic nitrogens is 2. The van der Waals surface area contributed by atoms with Gasteiger partial charge in [0, 0.05) is 29.4 Å². The van der Waals surface area contributed by atoms with Crippen LogP contribution in [0.1, 0.15) is 47.4 Å². The van der Waals surface area contributed by atoms with Crippen LogP contribution in [0.4, 0.5) is 5.82 Å². The monoisotopic (exact) mass is 304 g/mol. The second-order valence-corrected chi connectivity index (χ2v) is 5.80. The summed E-state index contributed by atoms with van der Waals surface area (Å²) in [4.78, 5) is 20.9. The molecule has 1 amide bonds. The molecular weight excluding hydrogens is 284 g/mol. The second kappa shape index (κ2) is 7.17. The minimum atomic E-state index is -0.109. The average molecular weight is 304 g/mol. The number of hydrogen-bond donors (Lipinski definition) is 2. The van der Waals surface area contributed by atoms with Crippen LogP contribution in [-0.4, -0.2) is 22.4 Å². The van der Waals surface area contributed by atoms with Gasteiger partial charge >= 0.3 is 0 Å². The van der Waals surface area contributed by atoms with E-state index in [2.05, 4.69) is 27.5 Å². The summed E-state index contributed by atoms with van der Waals surface area (Å²) >= 11 is 1.54. The van der Waals surface area contributed by atoms with E-state index >= 15 is 0 Å². The summed E-state index contributed by atoms with van der Waals surface area (Å²) in [6.07, 6.45) is 2.75. The molecule has 1 unspecified atom stereocenters. The first-order valence-corrected chi connectivity index (χ1v) is 7.91. The number of carbonyl (C=O) groups excluding carboxylic acids is 1.